The lowest BCUT2D eigenvalue weighted by Gasteiger charge is -2.34. The molecule has 0 radical (unpaired) electrons. The van der Waals surface area contributed by atoms with Crippen LogP contribution in [-0.4, -0.2) is 47.0 Å². The number of nitrogens with two attached hydrogens (primary N) is 1. The fraction of sp³-hybridized carbons (Fsp3) is 0.722. The van der Waals surface area contributed by atoms with Gasteiger partial charge in [-0.1, -0.05) is 5.16 Å². The van der Waals surface area contributed by atoms with E-state index in [4.69, 9.17) is 10.3 Å². The van der Waals surface area contributed by atoms with E-state index in [1.54, 1.807) is 11.0 Å². The molecule has 0 aliphatic heterocycles. The van der Waals surface area contributed by atoms with E-state index in [-0.39, 0.29) is 29.9 Å². The van der Waals surface area contributed by atoms with Gasteiger partial charge in [0, 0.05) is 43.6 Å². The number of amides is 2. The van der Waals surface area contributed by atoms with Crippen molar-refractivity contribution in [2.24, 2.45) is 5.73 Å². The monoisotopic (exact) mass is 348 g/mol. The van der Waals surface area contributed by atoms with Crippen LogP contribution >= 0.6 is 0 Å². The van der Waals surface area contributed by atoms with Crippen molar-refractivity contribution < 1.29 is 14.1 Å². The van der Waals surface area contributed by atoms with Crippen LogP contribution in [-0.2, 0) is 4.79 Å². The zero-order valence-electron chi connectivity index (χ0n) is 15.0. The first-order chi connectivity index (χ1) is 11.9. The molecule has 2 saturated carbocycles. The highest BCUT2D eigenvalue weighted by Crippen LogP contribution is 2.40. The number of carbonyl (C=O) groups is 2. The summed E-state index contributed by atoms with van der Waals surface area (Å²) < 4.78 is 5.28. The molecular weight excluding hydrogens is 320 g/mol. The predicted octanol–water partition coefficient (Wildman–Crippen LogP) is 1.79. The molecule has 0 unspecified atom stereocenters. The maximum Gasteiger partial charge on any atom is 0.276 e. The molecule has 3 rings (SSSR count). The molecular formula is C18H28N4O3. The van der Waals surface area contributed by atoms with Crippen molar-refractivity contribution in [3.8, 4) is 0 Å². The maximum absolute atomic E-state index is 12.6. The fourth-order valence-electron chi connectivity index (χ4n) is 3.48. The molecule has 2 fully saturated rings. The highest BCUT2D eigenvalue weighted by Gasteiger charge is 2.32. The molecule has 7 nitrogen and oxygen atoms in total. The Morgan fingerprint density at radius 2 is 2.00 bits per heavy atom. The van der Waals surface area contributed by atoms with Gasteiger partial charge in [-0.15, -0.1) is 0 Å². The molecule has 1 aromatic rings. The Labute approximate surface area is 148 Å². The largest absolute Gasteiger partial charge is 0.360 e. The molecule has 2 aliphatic carbocycles. The Balaban J connectivity index is 1.48. The summed E-state index contributed by atoms with van der Waals surface area (Å²) in [6.45, 7) is 1.83. The third-order valence-corrected chi connectivity index (χ3v) is 5.16. The summed E-state index contributed by atoms with van der Waals surface area (Å²) in [7, 11) is 1.83. The molecule has 2 aliphatic rings. The quantitative estimate of drug-likeness (QED) is 0.816. The van der Waals surface area contributed by atoms with Gasteiger partial charge in [0.1, 0.15) is 5.76 Å². The first kappa shape index (κ1) is 17.9. The second-order valence-corrected chi connectivity index (χ2v) is 7.56. The number of nitrogens with one attached hydrogen (secondary N) is 1. The van der Waals surface area contributed by atoms with Crippen LogP contribution in [0, 0.1) is 0 Å². The van der Waals surface area contributed by atoms with Crippen LogP contribution in [0.25, 0.3) is 0 Å². The minimum Gasteiger partial charge on any atom is -0.360 e. The SMILES string of the molecule is C[C@@H](N)CC(=O)N[C@H]1CC[C@H](N(C)C(=O)c2cc(C3CC3)on2)CC1. The van der Waals surface area contributed by atoms with Crippen molar-refractivity contribution in [3.05, 3.63) is 17.5 Å². The average Bonchev–Trinajstić information content (AvgIpc) is 3.30. The molecule has 1 atom stereocenters. The fourth-order valence-corrected chi connectivity index (χ4v) is 3.48. The van der Waals surface area contributed by atoms with Crippen molar-refractivity contribution in [3.63, 3.8) is 0 Å². The van der Waals surface area contributed by atoms with Gasteiger partial charge in [-0.25, -0.2) is 0 Å². The van der Waals surface area contributed by atoms with Crippen LogP contribution in [0.1, 0.15) is 74.0 Å². The average molecular weight is 348 g/mol. The summed E-state index contributed by atoms with van der Waals surface area (Å²) in [5, 5.41) is 6.98. The predicted molar refractivity (Wildman–Crippen MR) is 93.0 cm³/mol. The summed E-state index contributed by atoms with van der Waals surface area (Å²) in [6.07, 6.45) is 6.10. The standard InChI is InChI=1S/C18H28N4O3/c1-11(19)9-17(23)20-13-5-7-14(8-6-13)22(2)18(24)15-10-16(25-21-15)12-3-4-12/h10-14H,3-9,19H2,1-2H3,(H,20,23)/t11-,13-,14-/m1/s1. The third kappa shape index (κ3) is 4.60. The molecule has 1 heterocycles. The number of hydrogen-bond acceptors (Lipinski definition) is 5. The third-order valence-electron chi connectivity index (χ3n) is 5.16. The van der Waals surface area contributed by atoms with Crippen molar-refractivity contribution in [1.29, 1.82) is 0 Å². The molecule has 138 valence electrons. The Hall–Kier alpha value is -1.89. The summed E-state index contributed by atoms with van der Waals surface area (Å²) in [4.78, 5) is 26.2. The lowest BCUT2D eigenvalue weighted by molar-refractivity contribution is -0.122. The van der Waals surface area contributed by atoms with Crippen LogP contribution in [0.5, 0.6) is 0 Å². The molecule has 25 heavy (non-hydrogen) atoms. The first-order valence-electron chi connectivity index (χ1n) is 9.22. The van der Waals surface area contributed by atoms with Crippen LogP contribution in [0.4, 0.5) is 0 Å². The molecule has 0 aromatic carbocycles. The Bertz CT molecular complexity index is 616. The smallest absolute Gasteiger partial charge is 0.276 e. The van der Waals surface area contributed by atoms with Crippen molar-refractivity contribution in [2.45, 2.75) is 75.9 Å². The van der Waals surface area contributed by atoms with Gasteiger partial charge in [-0.2, -0.15) is 0 Å². The highest BCUT2D eigenvalue weighted by atomic mass is 16.5. The zero-order chi connectivity index (χ0) is 18.0. The van der Waals surface area contributed by atoms with E-state index in [1.165, 1.54) is 0 Å². The molecule has 0 spiro atoms. The summed E-state index contributed by atoms with van der Waals surface area (Å²) >= 11 is 0. The van der Waals surface area contributed by atoms with E-state index in [9.17, 15) is 9.59 Å². The van der Waals surface area contributed by atoms with Crippen LogP contribution in [0.15, 0.2) is 10.6 Å². The number of aromatic nitrogens is 1. The van der Waals surface area contributed by atoms with E-state index < -0.39 is 0 Å². The van der Waals surface area contributed by atoms with Crippen LogP contribution in [0.3, 0.4) is 0 Å². The highest BCUT2D eigenvalue weighted by molar-refractivity contribution is 5.92. The molecule has 2 amide bonds. The Morgan fingerprint density at radius 1 is 1.32 bits per heavy atom. The van der Waals surface area contributed by atoms with E-state index in [1.807, 2.05) is 14.0 Å². The van der Waals surface area contributed by atoms with Crippen LogP contribution in [0.2, 0.25) is 0 Å². The van der Waals surface area contributed by atoms with Gasteiger partial charge in [0.2, 0.25) is 5.91 Å². The summed E-state index contributed by atoms with van der Waals surface area (Å²) in [5.41, 5.74) is 6.05. The topological polar surface area (TPSA) is 101 Å². The Morgan fingerprint density at radius 3 is 2.60 bits per heavy atom. The second-order valence-electron chi connectivity index (χ2n) is 7.56. The number of hydrogen-bond donors (Lipinski definition) is 2. The molecule has 3 N–H and O–H groups in total. The number of nitrogens with zero attached hydrogens (tertiary/aromatic N) is 2. The molecule has 0 saturated heterocycles. The Kier molecular flexibility index (Phi) is 5.42. The van der Waals surface area contributed by atoms with E-state index in [0.29, 0.717) is 18.0 Å². The summed E-state index contributed by atoms with van der Waals surface area (Å²) in [6, 6.07) is 2.02. The van der Waals surface area contributed by atoms with Gasteiger partial charge >= 0.3 is 0 Å². The minimum absolute atomic E-state index is 0.0121. The van der Waals surface area contributed by atoms with Gasteiger partial charge in [0.25, 0.3) is 5.91 Å². The van der Waals surface area contributed by atoms with Crippen molar-refractivity contribution >= 4 is 11.8 Å². The lowest BCUT2D eigenvalue weighted by Crippen LogP contribution is -2.45. The lowest BCUT2D eigenvalue weighted by atomic mass is 9.90. The van der Waals surface area contributed by atoms with Gasteiger partial charge in [0.15, 0.2) is 5.69 Å². The normalized spacial score (nSPS) is 24.6. The molecule has 0 bridgehead atoms. The molecule has 1 aromatic heterocycles. The second kappa shape index (κ2) is 7.56. The van der Waals surface area contributed by atoms with Gasteiger partial charge in [0.05, 0.1) is 0 Å². The zero-order valence-corrected chi connectivity index (χ0v) is 15.0. The van der Waals surface area contributed by atoms with E-state index >= 15 is 0 Å². The van der Waals surface area contributed by atoms with E-state index in [0.717, 1.165) is 44.3 Å². The van der Waals surface area contributed by atoms with Crippen LogP contribution < -0.4 is 11.1 Å². The minimum atomic E-state index is -0.122. The maximum atomic E-state index is 12.6. The van der Waals surface area contributed by atoms with E-state index in [2.05, 4.69) is 10.5 Å². The number of rotatable bonds is 6. The van der Waals surface area contributed by atoms with Gasteiger partial charge in [-0.3, -0.25) is 9.59 Å². The van der Waals surface area contributed by atoms with Gasteiger partial charge in [-0.05, 0) is 45.4 Å². The summed E-state index contributed by atoms with van der Waals surface area (Å²) in [5.74, 6) is 1.21. The molecule has 7 heteroatoms. The van der Waals surface area contributed by atoms with Gasteiger partial charge < -0.3 is 20.5 Å². The van der Waals surface area contributed by atoms with Crippen molar-refractivity contribution in [1.82, 2.24) is 15.4 Å². The number of carbonyl (C=O) groups excluding carboxylic acids is 2. The van der Waals surface area contributed by atoms with Crippen molar-refractivity contribution in [2.75, 3.05) is 7.05 Å². The first-order valence-corrected chi connectivity index (χ1v) is 9.22.